The molecular weight excluding hydrogens is 92.1 g/mol. The number of hydrogen-bond donors (Lipinski definition) is 0. The molecule has 7 heavy (non-hydrogen) atoms. The van der Waals surface area contributed by atoms with Crippen LogP contribution in [-0.4, -0.2) is 19.5 Å². The van der Waals surface area contributed by atoms with Crippen LogP contribution >= 0.6 is 0 Å². The van der Waals surface area contributed by atoms with Crippen molar-refractivity contribution in [2.24, 2.45) is 0 Å². The molecule has 0 heterocycles. The van der Waals surface area contributed by atoms with Gasteiger partial charge in [0.05, 0.1) is 6.10 Å². The SMILES string of the molecule is COC(C)C[C]=O. The third-order valence-electron chi connectivity index (χ3n) is 0.773. The van der Waals surface area contributed by atoms with Gasteiger partial charge >= 0.3 is 0 Å². The summed E-state index contributed by atoms with van der Waals surface area (Å²) in [5, 5.41) is 0. The van der Waals surface area contributed by atoms with E-state index in [1.807, 2.05) is 6.92 Å². The molecule has 0 amide bonds. The fourth-order valence-corrected chi connectivity index (χ4v) is 0.201. The Balaban J connectivity index is 2.98. The normalized spacial score (nSPS) is 13.4. The Morgan fingerprint density at radius 3 is 2.57 bits per heavy atom. The molecule has 1 atom stereocenters. The van der Waals surface area contributed by atoms with Gasteiger partial charge in [0.1, 0.15) is 0 Å². The average Bonchev–Trinajstić information content (AvgIpc) is 1.68. The Morgan fingerprint density at radius 2 is 2.43 bits per heavy atom. The summed E-state index contributed by atoms with van der Waals surface area (Å²) >= 11 is 0. The van der Waals surface area contributed by atoms with E-state index in [1.165, 1.54) is 0 Å². The lowest BCUT2D eigenvalue weighted by molar-refractivity contribution is 0.124. The van der Waals surface area contributed by atoms with Gasteiger partial charge in [0.2, 0.25) is 6.29 Å². The van der Waals surface area contributed by atoms with Crippen molar-refractivity contribution in [1.82, 2.24) is 0 Å². The molecule has 0 saturated carbocycles. The number of rotatable bonds is 3. The first-order chi connectivity index (χ1) is 3.31. The fraction of sp³-hybridized carbons (Fsp3) is 0.800. The first kappa shape index (κ1) is 6.63. The summed E-state index contributed by atoms with van der Waals surface area (Å²) in [6.45, 7) is 1.82. The van der Waals surface area contributed by atoms with E-state index in [0.29, 0.717) is 6.42 Å². The number of carbonyl (C=O) groups excluding carboxylic acids is 1. The summed E-state index contributed by atoms with van der Waals surface area (Å²) in [5.74, 6) is 0. The first-order valence-corrected chi connectivity index (χ1v) is 2.19. The van der Waals surface area contributed by atoms with E-state index in [4.69, 9.17) is 4.74 Å². The Hall–Kier alpha value is -0.370. The van der Waals surface area contributed by atoms with Crippen LogP contribution in [0.15, 0.2) is 0 Å². The Morgan fingerprint density at radius 1 is 1.86 bits per heavy atom. The first-order valence-electron chi connectivity index (χ1n) is 2.19. The Kier molecular flexibility index (Phi) is 3.61. The molecule has 0 aliphatic carbocycles. The highest BCUT2D eigenvalue weighted by Crippen LogP contribution is 1.88. The van der Waals surface area contributed by atoms with E-state index in [9.17, 15) is 4.79 Å². The second-order valence-electron chi connectivity index (χ2n) is 1.39. The van der Waals surface area contributed by atoms with Gasteiger partial charge in [-0.1, -0.05) is 0 Å². The van der Waals surface area contributed by atoms with Gasteiger partial charge in [-0.05, 0) is 6.92 Å². The van der Waals surface area contributed by atoms with Crippen molar-refractivity contribution in [3.05, 3.63) is 0 Å². The molecule has 0 aromatic heterocycles. The molecule has 0 saturated heterocycles. The van der Waals surface area contributed by atoms with Crippen LogP contribution in [-0.2, 0) is 9.53 Å². The summed E-state index contributed by atoms with van der Waals surface area (Å²) in [4.78, 5) is 9.57. The average molecular weight is 101 g/mol. The monoisotopic (exact) mass is 101 g/mol. The number of hydrogen-bond acceptors (Lipinski definition) is 2. The zero-order chi connectivity index (χ0) is 5.70. The topological polar surface area (TPSA) is 26.3 Å². The van der Waals surface area contributed by atoms with Crippen molar-refractivity contribution < 1.29 is 9.53 Å². The highest BCUT2D eigenvalue weighted by Gasteiger charge is 1.94. The standard InChI is InChI=1S/C5H9O2/c1-5(7-2)3-4-6/h5H,3H2,1-2H3. The van der Waals surface area contributed by atoms with Crippen LogP contribution in [0.5, 0.6) is 0 Å². The molecule has 1 unspecified atom stereocenters. The summed E-state index contributed by atoms with van der Waals surface area (Å²) < 4.78 is 4.73. The van der Waals surface area contributed by atoms with Gasteiger partial charge in [-0.15, -0.1) is 0 Å². The molecule has 0 rings (SSSR count). The summed E-state index contributed by atoms with van der Waals surface area (Å²) in [6, 6.07) is 0. The molecular formula is C5H9O2. The highest BCUT2D eigenvalue weighted by atomic mass is 16.5. The maximum Gasteiger partial charge on any atom is 0.201 e. The minimum Gasteiger partial charge on any atom is -0.381 e. The molecule has 2 heteroatoms. The van der Waals surface area contributed by atoms with E-state index in [2.05, 4.69) is 0 Å². The lowest BCUT2D eigenvalue weighted by Gasteiger charge is -2.00. The molecule has 0 aromatic carbocycles. The summed E-state index contributed by atoms with van der Waals surface area (Å²) in [5.41, 5.74) is 0. The lowest BCUT2D eigenvalue weighted by atomic mass is 10.3. The maximum absolute atomic E-state index is 9.57. The summed E-state index contributed by atoms with van der Waals surface area (Å²) in [6.07, 6.45) is 2.14. The Labute approximate surface area is 43.5 Å². The van der Waals surface area contributed by atoms with Crippen molar-refractivity contribution in [2.45, 2.75) is 19.4 Å². The molecule has 0 aliphatic rings. The lowest BCUT2D eigenvalue weighted by Crippen LogP contribution is -2.03. The molecule has 0 aromatic rings. The van der Waals surface area contributed by atoms with E-state index < -0.39 is 0 Å². The zero-order valence-electron chi connectivity index (χ0n) is 4.60. The van der Waals surface area contributed by atoms with Gasteiger partial charge in [-0.2, -0.15) is 0 Å². The van der Waals surface area contributed by atoms with Gasteiger partial charge in [-0.3, -0.25) is 4.79 Å². The van der Waals surface area contributed by atoms with Gasteiger partial charge in [0.25, 0.3) is 0 Å². The van der Waals surface area contributed by atoms with Gasteiger partial charge in [-0.25, -0.2) is 0 Å². The van der Waals surface area contributed by atoms with Crippen molar-refractivity contribution in [2.75, 3.05) is 7.11 Å². The minimum absolute atomic E-state index is 0.0255. The smallest absolute Gasteiger partial charge is 0.201 e. The van der Waals surface area contributed by atoms with Crippen LogP contribution in [0.3, 0.4) is 0 Å². The molecule has 41 valence electrons. The largest absolute Gasteiger partial charge is 0.381 e. The van der Waals surface area contributed by atoms with Crippen LogP contribution in [0.1, 0.15) is 13.3 Å². The van der Waals surface area contributed by atoms with Crippen molar-refractivity contribution >= 4 is 6.29 Å². The van der Waals surface area contributed by atoms with Crippen LogP contribution < -0.4 is 0 Å². The minimum atomic E-state index is 0.0255. The van der Waals surface area contributed by atoms with Crippen LogP contribution in [0.2, 0.25) is 0 Å². The molecule has 2 nitrogen and oxygen atoms in total. The molecule has 0 aliphatic heterocycles. The van der Waals surface area contributed by atoms with E-state index in [-0.39, 0.29) is 6.10 Å². The quantitative estimate of drug-likeness (QED) is 0.518. The van der Waals surface area contributed by atoms with Crippen LogP contribution in [0.4, 0.5) is 0 Å². The third-order valence-corrected chi connectivity index (χ3v) is 0.773. The second kappa shape index (κ2) is 3.81. The van der Waals surface area contributed by atoms with Gasteiger partial charge in [0.15, 0.2) is 0 Å². The van der Waals surface area contributed by atoms with Crippen molar-refractivity contribution in [3.8, 4) is 0 Å². The fourth-order valence-electron chi connectivity index (χ4n) is 0.201. The maximum atomic E-state index is 9.57. The van der Waals surface area contributed by atoms with Crippen molar-refractivity contribution in [3.63, 3.8) is 0 Å². The second-order valence-corrected chi connectivity index (χ2v) is 1.39. The number of methoxy groups -OCH3 is 1. The van der Waals surface area contributed by atoms with E-state index >= 15 is 0 Å². The van der Waals surface area contributed by atoms with E-state index in [1.54, 1.807) is 13.4 Å². The highest BCUT2D eigenvalue weighted by molar-refractivity contribution is 5.50. The number of ether oxygens (including phenoxy) is 1. The van der Waals surface area contributed by atoms with Crippen LogP contribution in [0, 0.1) is 0 Å². The van der Waals surface area contributed by atoms with Crippen LogP contribution in [0.25, 0.3) is 0 Å². The Bertz CT molecular complexity index is 52.0. The zero-order valence-corrected chi connectivity index (χ0v) is 4.60. The predicted molar refractivity (Wildman–Crippen MR) is 26.8 cm³/mol. The third kappa shape index (κ3) is 3.46. The van der Waals surface area contributed by atoms with Gasteiger partial charge in [0, 0.05) is 13.5 Å². The molecule has 0 fully saturated rings. The van der Waals surface area contributed by atoms with E-state index in [0.717, 1.165) is 0 Å². The molecule has 0 N–H and O–H groups in total. The van der Waals surface area contributed by atoms with Crippen molar-refractivity contribution in [1.29, 1.82) is 0 Å². The summed E-state index contributed by atoms with van der Waals surface area (Å²) in [7, 11) is 1.57. The molecule has 0 bridgehead atoms. The molecule has 1 radical (unpaired) electrons. The molecule has 0 spiro atoms. The van der Waals surface area contributed by atoms with Gasteiger partial charge < -0.3 is 4.74 Å². The predicted octanol–water partition coefficient (Wildman–Crippen LogP) is 0.521.